The molecule has 4 nitrogen and oxygen atoms in total. The number of allylic oxidation sites excluding steroid dienone is 2. The number of hydrogen-bond donors (Lipinski definition) is 0. The Hall–Kier alpha value is -7.56. The Morgan fingerprint density at radius 3 is 1.69 bits per heavy atom. The Balaban J connectivity index is 0.938. The van der Waals surface area contributed by atoms with Crippen molar-refractivity contribution in [1.29, 1.82) is 0 Å². The average Bonchev–Trinajstić information content (AvgIpc) is 4.04. The van der Waals surface area contributed by atoms with Crippen LogP contribution >= 0.6 is 0 Å². The van der Waals surface area contributed by atoms with Gasteiger partial charge in [0.05, 0.1) is 17.1 Å². The number of benzene rings is 8. The van der Waals surface area contributed by atoms with Gasteiger partial charge in [-0.1, -0.05) is 109 Å². The highest BCUT2D eigenvalue weighted by Gasteiger charge is 2.37. The number of para-hydroxylation sites is 2. The molecule has 58 heavy (non-hydrogen) atoms. The SMILES string of the molecule is C1=CC2c3ccccc3N(c3ccc4oc5c(ccc6c7cc(-c8ccc9c(c8)c8cc(-c%10ccccc%10)ccc8n9-c8ccccc8)ccc7oc65)c4c3)C2C=C1. The second-order valence-corrected chi connectivity index (χ2v) is 15.6. The first-order chi connectivity index (χ1) is 28.7. The molecule has 0 amide bonds. The van der Waals surface area contributed by atoms with Crippen molar-refractivity contribution < 1.29 is 8.83 Å². The highest BCUT2D eigenvalue weighted by atomic mass is 16.4. The normalized spacial score (nSPS) is 16.1. The van der Waals surface area contributed by atoms with Gasteiger partial charge in [0.15, 0.2) is 11.2 Å². The molecule has 0 bridgehead atoms. The third kappa shape index (κ3) is 4.51. The standard InChI is InChI=1S/C54H34N2O2/c1-3-11-33(12-4-1)34-19-25-49-43(29-34)44-30-35(20-26-50(44)55(49)37-13-5-2-6-14-37)36-21-27-51-45(31-36)41-23-24-42-46-32-38(22-28-52(46)58-54(42)53(41)57-51)56-47-17-9-7-15-39(47)40-16-8-10-18-48(40)56/h1-32,39,47H. The molecule has 2 atom stereocenters. The zero-order valence-electron chi connectivity index (χ0n) is 31.3. The van der Waals surface area contributed by atoms with Gasteiger partial charge in [-0.05, 0) is 113 Å². The van der Waals surface area contributed by atoms with E-state index in [1.165, 1.54) is 44.2 Å². The summed E-state index contributed by atoms with van der Waals surface area (Å²) in [5.41, 5.74) is 15.3. The minimum Gasteiger partial charge on any atom is -0.452 e. The maximum atomic E-state index is 6.64. The Labute approximate surface area is 333 Å². The summed E-state index contributed by atoms with van der Waals surface area (Å²) in [6, 6.07) is 61.6. The molecule has 4 heteroatoms. The van der Waals surface area contributed by atoms with Crippen LogP contribution in [0.2, 0.25) is 0 Å². The number of furan rings is 2. The highest BCUT2D eigenvalue weighted by molar-refractivity contribution is 6.20. The van der Waals surface area contributed by atoms with E-state index >= 15 is 0 Å². The van der Waals surface area contributed by atoms with E-state index in [0.717, 1.165) is 66.4 Å². The first kappa shape index (κ1) is 31.6. The number of rotatable bonds is 4. The first-order valence-corrected chi connectivity index (χ1v) is 20.0. The van der Waals surface area contributed by atoms with Crippen molar-refractivity contribution in [3.05, 3.63) is 200 Å². The molecule has 1 aliphatic carbocycles. The summed E-state index contributed by atoms with van der Waals surface area (Å²) in [7, 11) is 0. The van der Waals surface area contributed by atoms with Gasteiger partial charge in [-0.25, -0.2) is 0 Å². The van der Waals surface area contributed by atoms with E-state index in [4.69, 9.17) is 8.83 Å². The molecule has 0 radical (unpaired) electrons. The summed E-state index contributed by atoms with van der Waals surface area (Å²) < 4.78 is 15.7. The van der Waals surface area contributed by atoms with Crippen LogP contribution in [0.5, 0.6) is 0 Å². The Morgan fingerprint density at radius 2 is 0.966 bits per heavy atom. The maximum absolute atomic E-state index is 6.64. The molecule has 8 aromatic carbocycles. The lowest BCUT2D eigenvalue weighted by molar-refractivity contribution is 0.633. The summed E-state index contributed by atoms with van der Waals surface area (Å²) in [4.78, 5) is 2.47. The van der Waals surface area contributed by atoms with Gasteiger partial charge in [-0.15, -0.1) is 0 Å². The molecule has 2 unspecified atom stereocenters. The minimum absolute atomic E-state index is 0.240. The molecule has 13 rings (SSSR count). The van der Waals surface area contributed by atoms with Crippen LogP contribution in [0.4, 0.5) is 11.4 Å². The Morgan fingerprint density at radius 1 is 0.397 bits per heavy atom. The van der Waals surface area contributed by atoms with E-state index in [1.807, 2.05) is 0 Å². The predicted molar refractivity (Wildman–Crippen MR) is 240 cm³/mol. The van der Waals surface area contributed by atoms with Gasteiger partial charge in [-0.2, -0.15) is 0 Å². The molecular weight excluding hydrogens is 709 g/mol. The van der Waals surface area contributed by atoms with Crippen molar-refractivity contribution in [2.75, 3.05) is 4.90 Å². The molecule has 0 spiro atoms. The molecular formula is C54H34N2O2. The topological polar surface area (TPSA) is 34.5 Å². The summed E-state index contributed by atoms with van der Waals surface area (Å²) in [5.74, 6) is 0.335. The molecule has 3 aromatic heterocycles. The fraction of sp³-hybridized carbons (Fsp3) is 0.0370. The Bertz CT molecular complexity index is 3530. The molecule has 0 saturated heterocycles. The zero-order valence-corrected chi connectivity index (χ0v) is 31.3. The average molecular weight is 743 g/mol. The quantitative estimate of drug-likeness (QED) is 0.180. The third-order valence-corrected chi connectivity index (χ3v) is 12.5. The van der Waals surface area contributed by atoms with Crippen LogP contribution in [-0.4, -0.2) is 10.6 Å². The maximum Gasteiger partial charge on any atom is 0.178 e. The van der Waals surface area contributed by atoms with Gasteiger partial charge in [0.25, 0.3) is 0 Å². The molecule has 11 aromatic rings. The smallest absolute Gasteiger partial charge is 0.178 e. The number of hydrogen-bond acceptors (Lipinski definition) is 3. The third-order valence-electron chi connectivity index (χ3n) is 12.5. The van der Waals surface area contributed by atoms with Crippen molar-refractivity contribution in [2.24, 2.45) is 0 Å². The molecule has 0 N–H and O–H groups in total. The first-order valence-electron chi connectivity index (χ1n) is 20.0. The highest BCUT2D eigenvalue weighted by Crippen LogP contribution is 2.49. The van der Waals surface area contributed by atoms with Crippen LogP contribution in [0.15, 0.2) is 203 Å². The van der Waals surface area contributed by atoms with E-state index in [1.54, 1.807) is 0 Å². The lowest BCUT2D eigenvalue weighted by Crippen LogP contribution is -2.28. The van der Waals surface area contributed by atoms with Crippen LogP contribution < -0.4 is 4.90 Å². The van der Waals surface area contributed by atoms with Crippen LogP contribution in [0, 0.1) is 0 Å². The predicted octanol–water partition coefficient (Wildman–Crippen LogP) is 14.6. The summed E-state index contributed by atoms with van der Waals surface area (Å²) in [6.07, 6.45) is 8.97. The molecule has 0 saturated carbocycles. The molecule has 2 aliphatic rings. The number of aromatic nitrogens is 1. The van der Waals surface area contributed by atoms with Crippen LogP contribution in [0.25, 0.3) is 93.6 Å². The van der Waals surface area contributed by atoms with E-state index in [-0.39, 0.29) is 6.04 Å². The zero-order chi connectivity index (χ0) is 37.9. The number of anilines is 2. The summed E-state index contributed by atoms with van der Waals surface area (Å²) in [5, 5.41) is 6.72. The lowest BCUT2D eigenvalue weighted by atomic mass is 9.91. The van der Waals surface area contributed by atoms with E-state index in [2.05, 4.69) is 204 Å². The molecule has 0 fully saturated rings. The van der Waals surface area contributed by atoms with E-state index in [9.17, 15) is 0 Å². The Kier molecular flexibility index (Phi) is 6.53. The van der Waals surface area contributed by atoms with Gasteiger partial charge in [-0.3, -0.25) is 0 Å². The molecule has 4 heterocycles. The largest absolute Gasteiger partial charge is 0.452 e. The van der Waals surface area contributed by atoms with Crippen LogP contribution in [-0.2, 0) is 0 Å². The van der Waals surface area contributed by atoms with Crippen molar-refractivity contribution >= 4 is 77.1 Å². The molecule has 1 aliphatic heterocycles. The lowest BCUT2D eigenvalue weighted by Gasteiger charge is -2.28. The second kappa shape index (κ2) is 12.0. The van der Waals surface area contributed by atoms with Crippen molar-refractivity contribution in [3.63, 3.8) is 0 Å². The van der Waals surface area contributed by atoms with Gasteiger partial charge in [0.1, 0.15) is 11.2 Å². The summed E-state index contributed by atoms with van der Waals surface area (Å²) >= 11 is 0. The van der Waals surface area contributed by atoms with Gasteiger partial charge >= 0.3 is 0 Å². The fourth-order valence-electron chi connectivity index (χ4n) is 9.84. The van der Waals surface area contributed by atoms with Crippen LogP contribution in [0.1, 0.15) is 11.5 Å². The van der Waals surface area contributed by atoms with Crippen molar-refractivity contribution in [2.45, 2.75) is 12.0 Å². The minimum atomic E-state index is 0.240. The summed E-state index contributed by atoms with van der Waals surface area (Å²) in [6.45, 7) is 0. The van der Waals surface area contributed by atoms with Gasteiger partial charge in [0, 0.05) is 55.3 Å². The van der Waals surface area contributed by atoms with Gasteiger partial charge in [0.2, 0.25) is 0 Å². The number of fused-ring (bicyclic) bond motifs is 13. The molecule has 272 valence electrons. The monoisotopic (exact) mass is 742 g/mol. The van der Waals surface area contributed by atoms with Crippen molar-refractivity contribution in [1.82, 2.24) is 4.57 Å². The van der Waals surface area contributed by atoms with Crippen LogP contribution in [0.3, 0.4) is 0 Å². The number of nitrogens with zero attached hydrogens (tertiary/aromatic N) is 2. The van der Waals surface area contributed by atoms with E-state index < -0.39 is 0 Å². The van der Waals surface area contributed by atoms with Crippen molar-refractivity contribution in [3.8, 4) is 27.9 Å². The van der Waals surface area contributed by atoms with E-state index in [0.29, 0.717) is 5.92 Å². The second-order valence-electron chi connectivity index (χ2n) is 15.6. The van der Waals surface area contributed by atoms with Gasteiger partial charge < -0.3 is 18.3 Å². The fourth-order valence-corrected chi connectivity index (χ4v) is 9.84.